The average molecular weight is 231 g/mol. The topological polar surface area (TPSA) is 55.6 Å². The fourth-order valence-corrected chi connectivity index (χ4v) is 1.89. The number of rotatable bonds is 5. The maximum absolute atomic E-state index is 4.31. The van der Waals surface area contributed by atoms with E-state index in [-0.39, 0.29) is 6.04 Å². The standard InChI is InChI=1S/C12H17N5/c1-3-14-12(10-5-7-13-9-15-10)11-6-8-16-17(11)4-2/h5-9,12,14H,3-4H2,1-2H3. The third-order valence-electron chi connectivity index (χ3n) is 2.65. The van der Waals surface area contributed by atoms with Gasteiger partial charge in [-0.25, -0.2) is 9.97 Å². The highest BCUT2D eigenvalue weighted by atomic mass is 15.3. The smallest absolute Gasteiger partial charge is 0.115 e. The summed E-state index contributed by atoms with van der Waals surface area (Å²) in [5.41, 5.74) is 2.10. The molecule has 90 valence electrons. The zero-order valence-corrected chi connectivity index (χ0v) is 10.2. The molecule has 0 fully saturated rings. The van der Waals surface area contributed by atoms with Crippen molar-refractivity contribution in [3.05, 3.63) is 42.2 Å². The summed E-state index contributed by atoms with van der Waals surface area (Å²) in [4.78, 5) is 8.26. The number of aromatic nitrogens is 4. The molecule has 0 saturated heterocycles. The van der Waals surface area contributed by atoms with E-state index in [1.807, 2.05) is 23.0 Å². The van der Waals surface area contributed by atoms with Gasteiger partial charge in [-0.3, -0.25) is 4.68 Å². The maximum atomic E-state index is 4.31. The Bertz CT molecular complexity index is 451. The minimum absolute atomic E-state index is 0.0745. The van der Waals surface area contributed by atoms with Crippen LogP contribution in [0.4, 0.5) is 0 Å². The van der Waals surface area contributed by atoms with Crippen LogP contribution in [0, 0.1) is 0 Å². The van der Waals surface area contributed by atoms with Gasteiger partial charge in [-0.1, -0.05) is 6.92 Å². The van der Waals surface area contributed by atoms with E-state index < -0.39 is 0 Å². The van der Waals surface area contributed by atoms with Crippen molar-refractivity contribution >= 4 is 0 Å². The maximum Gasteiger partial charge on any atom is 0.115 e. The summed E-state index contributed by atoms with van der Waals surface area (Å²) in [7, 11) is 0. The predicted octanol–water partition coefficient (Wildman–Crippen LogP) is 1.39. The molecule has 1 N–H and O–H groups in total. The molecule has 2 aromatic heterocycles. The molecule has 2 rings (SSSR count). The molecule has 17 heavy (non-hydrogen) atoms. The summed E-state index contributed by atoms with van der Waals surface area (Å²) in [6.07, 6.45) is 5.16. The normalized spacial score (nSPS) is 12.6. The van der Waals surface area contributed by atoms with Crippen LogP contribution in [-0.4, -0.2) is 26.3 Å². The molecule has 2 heterocycles. The van der Waals surface area contributed by atoms with Gasteiger partial charge >= 0.3 is 0 Å². The van der Waals surface area contributed by atoms with Crippen molar-refractivity contribution in [1.29, 1.82) is 0 Å². The number of hydrogen-bond acceptors (Lipinski definition) is 4. The Morgan fingerprint density at radius 1 is 1.29 bits per heavy atom. The zero-order valence-electron chi connectivity index (χ0n) is 10.2. The van der Waals surface area contributed by atoms with Crippen LogP contribution in [0.2, 0.25) is 0 Å². The first-order valence-electron chi connectivity index (χ1n) is 5.87. The Hall–Kier alpha value is -1.75. The Morgan fingerprint density at radius 2 is 2.18 bits per heavy atom. The molecule has 0 aliphatic rings. The van der Waals surface area contributed by atoms with E-state index in [1.54, 1.807) is 12.5 Å². The minimum atomic E-state index is 0.0745. The monoisotopic (exact) mass is 231 g/mol. The van der Waals surface area contributed by atoms with E-state index in [0.717, 1.165) is 24.5 Å². The van der Waals surface area contributed by atoms with Gasteiger partial charge in [0.2, 0.25) is 0 Å². The van der Waals surface area contributed by atoms with Crippen LogP contribution < -0.4 is 5.32 Å². The van der Waals surface area contributed by atoms with Gasteiger partial charge in [0.1, 0.15) is 6.33 Å². The lowest BCUT2D eigenvalue weighted by molar-refractivity contribution is 0.534. The summed E-state index contributed by atoms with van der Waals surface area (Å²) < 4.78 is 1.98. The zero-order chi connectivity index (χ0) is 12.1. The highest BCUT2D eigenvalue weighted by molar-refractivity contribution is 5.20. The quantitative estimate of drug-likeness (QED) is 0.845. The van der Waals surface area contributed by atoms with Gasteiger partial charge in [-0.2, -0.15) is 5.10 Å². The number of hydrogen-bond donors (Lipinski definition) is 1. The first-order valence-corrected chi connectivity index (χ1v) is 5.87. The molecule has 0 radical (unpaired) electrons. The van der Waals surface area contributed by atoms with E-state index in [1.165, 1.54) is 0 Å². The van der Waals surface area contributed by atoms with Gasteiger partial charge in [0, 0.05) is 18.9 Å². The largest absolute Gasteiger partial charge is 0.304 e. The molecule has 5 heteroatoms. The van der Waals surface area contributed by atoms with Crippen LogP contribution in [0.25, 0.3) is 0 Å². The van der Waals surface area contributed by atoms with E-state index in [0.29, 0.717) is 0 Å². The fourth-order valence-electron chi connectivity index (χ4n) is 1.89. The highest BCUT2D eigenvalue weighted by Gasteiger charge is 2.17. The third kappa shape index (κ3) is 2.50. The Balaban J connectivity index is 2.36. The third-order valence-corrected chi connectivity index (χ3v) is 2.65. The Morgan fingerprint density at radius 3 is 2.82 bits per heavy atom. The lowest BCUT2D eigenvalue weighted by Gasteiger charge is -2.18. The summed E-state index contributed by atoms with van der Waals surface area (Å²) in [5.74, 6) is 0. The number of nitrogens with zero attached hydrogens (tertiary/aromatic N) is 4. The van der Waals surface area contributed by atoms with Crippen molar-refractivity contribution in [2.75, 3.05) is 6.54 Å². The fraction of sp³-hybridized carbons (Fsp3) is 0.417. The predicted molar refractivity (Wildman–Crippen MR) is 65.5 cm³/mol. The summed E-state index contributed by atoms with van der Waals surface area (Å²) >= 11 is 0. The highest BCUT2D eigenvalue weighted by Crippen LogP contribution is 2.19. The van der Waals surface area contributed by atoms with E-state index in [4.69, 9.17) is 0 Å². The lowest BCUT2D eigenvalue weighted by Crippen LogP contribution is -2.25. The van der Waals surface area contributed by atoms with Crippen molar-refractivity contribution < 1.29 is 0 Å². The minimum Gasteiger partial charge on any atom is -0.304 e. The summed E-state index contributed by atoms with van der Waals surface area (Å²) in [5, 5.41) is 7.72. The molecular formula is C12H17N5. The molecule has 0 aliphatic carbocycles. The molecule has 0 aromatic carbocycles. The first-order chi connectivity index (χ1) is 8.36. The van der Waals surface area contributed by atoms with E-state index in [2.05, 4.69) is 34.2 Å². The van der Waals surface area contributed by atoms with Gasteiger partial charge in [-0.05, 0) is 25.6 Å². The Labute approximate surface area is 101 Å². The number of aryl methyl sites for hydroxylation is 1. The average Bonchev–Trinajstić information content (AvgIpc) is 2.85. The molecule has 0 bridgehead atoms. The summed E-state index contributed by atoms with van der Waals surface area (Å²) in [6, 6.07) is 4.03. The molecular weight excluding hydrogens is 214 g/mol. The number of nitrogens with one attached hydrogen (secondary N) is 1. The SMILES string of the molecule is CCNC(c1ccncn1)c1ccnn1CC. The van der Waals surface area contributed by atoms with E-state index in [9.17, 15) is 0 Å². The van der Waals surface area contributed by atoms with Crippen LogP contribution in [0.5, 0.6) is 0 Å². The molecule has 0 spiro atoms. The van der Waals surface area contributed by atoms with Crippen molar-refractivity contribution in [3.63, 3.8) is 0 Å². The molecule has 0 saturated carbocycles. The van der Waals surface area contributed by atoms with Crippen molar-refractivity contribution in [2.24, 2.45) is 0 Å². The molecule has 2 aromatic rings. The Kier molecular flexibility index (Phi) is 3.82. The van der Waals surface area contributed by atoms with Gasteiger partial charge in [0.05, 0.1) is 17.4 Å². The lowest BCUT2D eigenvalue weighted by atomic mass is 10.1. The first kappa shape index (κ1) is 11.7. The molecule has 5 nitrogen and oxygen atoms in total. The van der Waals surface area contributed by atoms with Crippen LogP contribution in [0.1, 0.15) is 31.3 Å². The molecule has 0 amide bonds. The van der Waals surface area contributed by atoms with Crippen molar-refractivity contribution in [1.82, 2.24) is 25.1 Å². The van der Waals surface area contributed by atoms with Gasteiger partial charge in [0.25, 0.3) is 0 Å². The second-order valence-corrected chi connectivity index (χ2v) is 3.70. The summed E-state index contributed by atoms with van der Waals surface area (Å²) in [6.45, 7) is 5.90. The van der Waals surface area contributed by atoms with Gasteiger partial charge in [0.15, 0.2) is 0 Å². The second kappa shape index (κ2) is 5.54. The van der Waals surface area contributed by atoms with Crippen molar-refractivity contribution in [2.45, 2.75) is 26.4 Å². The van der Waals surface area contributed by atoms with Crippen LogP contribution in [0.3, 0.4) is 0 Å². The second-order valence-electron chi connectivity index (χ2n) is 3.70. The van der Waals surface area contributed by atoms with Crippen LogP contribution in [-0.2, 0) is 6.54 Å². The molecule has 1 atom stereocenters. The molecule has 1 unspecified atom stereocenters. The van der Waals surface area contributed by atoms with Crippen LogP contribution in [0.15, 0.2) is 30.9 Å². The van der Waals surface area contributed by atoms with E-state index >= 15 is 0 Å². The van der Waals surface area contributed by atoms with Gasteiger partial charge < -0.3 is 5.32 Å². The van der Waals surface area contributed by atoms with Gasteiger partial charge in [-0.15, -0.1) is 0 Å². The van der Waals surface area contributed by atoms with Crippen molar-refractivity contribution in [3.8, 4) is 0 Å². The molecule has 0 aliphatic heterocycles. The van der Waals surface area contributed by atoms with Crippen LogP contribution >= 0.6 is 0 Å².